The van der Waals surface area contributed by atoms with Crippen molar-refractivity contribution in [1.82, 2.24) is 9.55 Å². The molecule has 0 spiro atoms. The van der Waals surface area contributed by atoms with E-state index in [1.54, 1.807) is 25.1 Å². The molecule has 0 N–H and O–H groups in total. The van der Waals surface area contributed by atoms with Crippen molar-refractivity contribution in [2.75, 3.05) is 0 Å². The number of hydrogen-bond acceptors (Lipinski definition) is 3. The number of nitriles is 1. The first-order chi connectivity index (χ1) is 8.61. The van der Waals surface area contributed by atoms with Gasteiger partial charge in [0, 0.05) is 0 Å². The van der Waals surface area contributed by atoms with Gasteiger partial charge in [-0.2, -0.15) is 5.26 Å². The Balaban J connectivity index is 2.38. The number of benzene rings is 1. The second kappa shape index (κ2) is 5.15. The van der Waals surface area contributed by atoms with Gasteiger partial charge in [-0.15, -0.1) is 0 Å². The minimum absolute atomic E-state index is 0.120. The van der Waals surface area contributed by atoms with Crippen LogP contribution in [-0.4, -0.2) is 9.55 Å². The lowest BCUT2D eigenvalue weighted by molar-refractivity contribution is 0.724. The number of rotatable bonds is 2. The van der Waals surface area contributed by atoms with E-state index in [-0.39, 0.29) is 5.56 Å². The van der Waals surface area contributed by atoms with Crippen LogP contribution in [0.15, 0.2) is 39.9 Å². The first kappa shape index (κ1) is 12.5. The fourth-order valence-corrected chi connectivity index (χ4v) is 1.92. The Labute approximate surface area is 113 Å². The maximum Gasteiger partial charge on any atom is 0.268 e. The van der Waals surface area contributed by atoms with Gasteiger partial charge in [-0.3, -0.25) is 9.36 Å². The lowest BCUT2D eigenvalue weighted by Gasteiger charge is -2.07. The second-order valence-corrected chi connectivity index (χ2v) is 4.68. The van der Waals surface area contributed by atoms with Crippen molar-refractivity contribution in [2.24, 2.45) is 0 Å². The van der Waals surface area contributed by atoms with Crippen LogP contribution in [0.1, 0.15) is 16.8 Å². The maximum absolute atomic E-state index is 12.0. The molecule has 0 aliphatic heterocycles. The molecule has 1 heterocycles. The van der Waals surface area contributed by atoms with Crippen molar-refractivity contribution < 1.29 is 0 Å². The lowest BCUT2D eigenvalue weighted by atomic mass is 10.1. The van der Waals surface area contributed by atoms with Gasteiger partial charge in [0.15, 0.2) is 0 Å². The molecule has 0 aliphatic carbocycles. The van der Waals surface area contributed by atoms with Gasteiger partial charge in [-0.25, -0.2) is 4.98 Å². The van der Waals surface area contributed by atoms with E-state index >= 15 is 0 Å². The monoisotopic (exact) mass is 303 g/mol. The van der Waals surface area contributed by atoms with Gasteiger partial charge >= 0.3 is 0 Å². The maximum atomic E-state index is 12.0. The largest absolute Gasteiger partial charge is 0.294 e. The zero-order chi connectivity index (χ0) is 13.1. The highest BCUT2D eigenvalue weighted by atomic mass is 79.9. The Morgan fingerprint density at radius 3 is 3.00 bits per heavy atom. The van der Waals surface area contributed by atoms with Gasteiger partial charge < -0.3 is 0 Å². The van der Waals surface area contributed by atoms with E-state index in [9.17, 15) is 4.79 Å². The number of aromatic nitrogens is 2. The average Bonchev–Trinajstić information content (AvgIpc) is 2.40. The molecule has 0 bridgehead atoms. The topological polar surface area (TPSA) is 58.7 Å². The summed E-state index contributed by atoms with van der Waals surface area (Å²) in [6.45, 7) is 2.17. The number of hydrogen-bond donors (Lipinski definition) is 0. The Morgan fingerprint density at radius 2 is 2.28 bits per heavy atom. The van der Waals surface area contributed by atoms with Crippen LogP contribution in [0.5, 0.6) is 0 Å². The van der Waals surface area contributed by atoms with Crippen LogP contribution < -0.4 is 5.56 Å². The van der Waals surface area contributed by atoms with Crippen LogP contribution in [-0.2, 0) is 6.54 Å². The molecule has 1 aromatic carbocycles. The van der Waals surface area contributed by atoms with Gasteiger partial charge in [0.25, 0.3) is 5.56 Å². The summed E-state index contributed by atoms with van der Waals surface area (Å²) in [6.07, 6.45) is 1.52. The van der Waals surface area contributed by atoms with Gasteiger partial charge in [0.1, 0.15) is 4.47 Å². The SMILES string of the molecule is Cc1ncn(Cc2cccc(C#N)c2)c(=O)c1Br. The molecule has 2 aromatic rings. The van der Waals surface area contributed by atoms with Gasteiger partial charge in [0.2, 0.25) is 0 Å². The summed E-state index contributed by atoms with van der Waals surface area (Å²) < 4.78 is 1.98. The third-order valence-corrected chi connectivity index (χ3v) is 3.48. The zero-order valence-electron chi connectivity index (χ0n) is 9.72. The quantitative estimate of drug-likeness (QED) is 0.855. The van der Waals surface area contributed by atoms with Crippen molar-refractivity contribution in [3.05, 3.63) is 62.2 Å². The van der Waals surface area contributed by atoms with E-state index in [1.165, 1.54) is 10.9 Å². The molecule has 0 amide bonds. The highest BCUT2D eigenvalue weighted by Gasteiger charge is 2.06. The van der Waals surface area contributed by atoms with Crippen LogP contribution in [0.4, 0.5) is 0 Å². The Kier molecular flexibility index (Phi) is 3.58. The van der Waals surface area contributed by atoms with Crippen molar-refractivity contribution in [3.63, 3.8) is 0 Å². The molecule has 0 atom stereocenters. The van der Waals surface area contributed by atoms with E-state index < -0.39 is 0 Å². The molecule has 90 valence electrons. The standard InChI is InChI=1S/C13H10BrN3O/c1-9-12(14)13(18)17(8-16-9)7-11-4-2-3-10(5-11)6-15/h2-5,8H,7H2,1H3. The molecule has 0 saturated heterocycles. The molecule has 0 fully saturated rings. The first-order valence-corrected chi connectivity index (χ1v) is 6.11. The predicted octanol–water partition coefficient (Wildman–Crippen LogP) is 2.23. The average molecular weight is 304 g/mol. The first-order valence-electron chi connectivity index (χ1n) is 5.32. The molecule has 1 aromatic heterocycles. The van der Waals surface area contributed by atoms with Crippen LogP contribution in [0.25, 0.3) is 0 Å². The molecular weight excluding hydrogens is 294 g/mol. The molecule has 5 heteroatoms. The highest BCUT2D eigenvalue weighted by Crippen LogP contribution is 2.09. The summed E-state index contributed by atoms with van der Waals surface area (Å²) >= 11 is 3.22. The summed E-state index contributed by atoms with van der Waals surface area (Å²) in [5.41, 5.74) is 2.03. The molecule has 4 nitrogen and oxygen atoms in total. The van der Waals surface area contributed by atoms with Crippen LogP contribution in [0, 0.1) is 18.3 Å². The molecule has 18 heavy (non-hydrogen) atoms. The smallest absolute Gasteiger partial charge is 0.268 e. The molecule has 0 aliphatic rings. The fourth-order valence-electron chi connectivity index (χ4n) is 1.59. The predicted molar refractivity (Wildman–Crippen MR) is 71.2 cm³/mol. The third-order valence-electron chi connectivity index (χ3n) is 2.57. The van der Waals surface area contributed by atoms with E-state index in [2.05, 4.69) is 27.0 Å². The molecule has 0 saturated carbocycles. The fraction of sp³-hybridized carbons (Fsp3) is 0.154. The molecule has 2 rings (SSSR count). The van der Waals surface area contributed by atoms with Crippen molar-refractivity contribution in [3.8, 4) is 6.07 Å². The van der Waals surface area contributed by atoms with E-state index in [0.29, 0.717) is 22.3 Å². The summed E-state index contributed by atoms with van der Waals surface area (Å²) in [7, 11) is 0. The highest BCUT2D eigenvalue weighted by molar-refractivity contribution is 9.10. The summed E-state index contributed by atoms with van der Waals surface area (Å²) in [4.78, 5) is 16.1. The number of aryl methyl sites for hydroxylation is 1. The second-order valence-electron chi connectivity index (χ2n) is 3.89. The molecular formula is C13H10BrN3O. The normalized spacial score (nSPS) is 10.1. The Morgan fingerprint density at radius 1 is 1.50 bits per heavy atom. The van der Waals surface area contributed by atoms with Crippen LogP contribution >= 0.6 is 15.9 Å². The summed E-state index contributed by atoms with van der Waals surface area (Å²) in [6, 6.07) is 9.25. The van der Waals surface area contributed by atoms with Crippen molar-refractivity contribution >= 4 is 15.9 Å². The van der Waals surface area contributed by atoms with Crippen LogP contribution in [0.3, 0.4) is 0 Å². The van der Waals surface area contributed by atoms with E-state index in [1.807, 2.05) is 6.07 Å². The van der Waals surface area contributed by atoms with E-state index in [4.69, 9.17) is 5.26 Å². The van der Waals surface area contributed by atoms with Gasteiger partial charge in [0.05, 0.1) is 30.2 Å². The minimum atomic E-state index is -0.120. The Hall–Kier alpha value is -1.93. The third kappa shape index (κ3) is 2.49. The molecule has 0 unspecified atom stereocenters. The number of halogens is 1. The lowest BCUT2D eigenvalue weighted by Crippen LogP contribution is -2.22. The van der Waals surface area contributed by atoms with Gasteiger partial charge in [-0.05, 0) is 40.5 Å². The summed E-state index contributed by atoms with van der Waals surface area (Å²) in [5.74, 6) is 0. The van der Waals surface area contributed by atoms with Crippen LogP contribution in [0.2, 0.25) is 0 Å². The van der Waals surface area contributed by atoms with Gasteiger partial charge in [-0.1, -0.05) is 12.1 Å². The van der Waals surface area contributed by atoms with Crippen molar-refractivity contribution in [1.29, 1.82) is 5.26 Å². The van der Waals surface area contributed by atoms with E-state index in [0.717, 1.165) is 5.56 Å². The Bertz CT molecular complexity index is 685. The zero-order valence-corrected chi connectivity index (χ0v) is 11.3. The van der Waals surface area contributed by atoms with Crippen molar-refractivity contribution in [2.45, 2.75) is 13.5 Å². The minimum Gasteiger partial charge on any atom is -0.294 e. The summed E-state index contributed by atoms with van der Waals surface area (Å²) in [5, 5.41) is 8.82. The number of nitrogens with zero attached hydrogens (tertiary/aromatic N) is 3. The molecule has 0 radical (unpaired) electrons.